The summed E-state index contributed by atoms with van der Waals surface area (Å²) < 4.78 is 0. The summed E-state index contributed by atoms with van der Waals surface area (Å²) in [6.07, 6.45) is 2.61. The van der Waals surface area contributed by atoms with E-state index >= 15 is 0 Å². The van der Waals surface area contributed by atoms with Crippen LogP contribution in [-0.4, -0.2) is 58.1 Å². The third kappa shape index (κ3) is 5.64. The fraction of sp³-hybridized carbons (Fsp3) is 0.333. The first kappa shape index (κ1) is 22.4. The van der Waals surface area contributed by atoms with Gasteiger partial charge in [-0.15, -0.1) is 0 Å². The number of hydrogen-bond acceptors (Lipinski definition) is 3. The van der Waals surface area contributed by atoms with Gasteiger partial charge >= 0.3 is 11.8 Å². The second kappa shape index (κ2) is 10.1. The average molecular weight is 423 g/mol. The number of amides is 2. The second-order valence-electron chi connectivity index (χ2n) is 8.19. The molecule has 0 aliphatic carbocycles. The second-order valence-corrected chi connectivity index (χ2v) is 8.19. The van der Waals surface area contributed by atoms with Crippen LogP contribution in [-0.2, 0) is 16.0 Å². The molecule has 164 valence electrons. The van der Waals surface area contributed by atoms with Crippen molar-refractivity contribution in [2.45, 2.75) is 12.5 Å². The number of nitrogens with one attached hydrogen (secondary N) is 4. The first-order valence-corrected chi connectivity index (χ1v) is 10.5. The maximum Gasteiger partial charge on any atom is 0.309 e. The van der Waals surface area contributed by atoms with Crippen LogP contribution in [0.5, 0.6) is 0 Å². The van der Waals surface area contributed by atoms with Gasteiger partial charge < -0.3 is 25.4 Å². The van der Waals surface area contributed by atoms with Gasteiger partial charge in [-0.25, -0.2) is 0 Å². The van der Waals surface area contributed by atoms with Crippen LogP contribution in [0.25, 0.3) is 10.9 Å². The summed E-state index contributed by atoms with van der Waals surface area (Å²) in [5, 5.41) is 6.64. The van der Waals surface area contributed by atoms with Crippen molar-refractivity contribution in [3.63, 3.8) is 0 Å². The van der Waals surface area contributed by atoms with Gasteiger partial charge in [0.15, 0.2) is 0 Å². The van der Waals surface area contributed by atoms with Gasteiger partial charge in [0.1, 0.15) is 6.04 Å². The van der Waals surface area contributed by atoms with E-state index in [1.54, 1.807) is 0 Å². The summed E-state index contributed by atoms with van der Waals surface area (Å²) in [5.74, 6) is -1.20. The molecule has 0 saturated heterocycles. The maximum absolute atomic E-state index is 12.3. The molecule has 1 heterocycles. The Balaban J connectivity index is 1.50. The van der Waals surface area contributed by atoms with E-state index in [9.17, 15) is 9.59 Å². The Kier molecular flexibility index (Phi) is 7.31. The van der Waals surface area contributed by atoms with Gasteiger partial charge in [-0.05, 0) is 30.2 Å². The van der Waals surface area contributed by atoms with E-state index in [2.05, 4.69) is 39.9 Å². The molecule has 7 nitrogen and oxygen atoms in total. The first-order chi connectivity index (χ1) is 14.9. The number of hydrogen-bond donors (Lipinski definition) is 4. The molecule has 1 aromatic heterocycles. The fourth-order valence-electron chi connectivity index (χ4n) is 3.66. The highest BCUT2D eigenvalue weighted by atomic mass is 16.2. The SMILES string of the molecule is CN(C)c1ccc([C@@H](CNC(=O)C(=O)NCCc2c[nH]c3ccccc23)[NH+](C)C)cc1. The Labute approximate surface area is 183 Å². The monoisotopic (exact) mass is 422 g/mol. The molecule has 0 spiro atoms. The van der Waals surface area contributed by atoms with Crippen LogP contribution in [0, 0.1) is 0 Å². The highest BCUT2D eigenvalue weighted by Crippen LogP contribution is 2.18. The van der Waals surface area contributed by atoms with Gasteiger partial charge in [-0.3, -0.25) is 9.59 Å². The summed E-state index contributed by atoms with van der Waals surface area (Å²) in [5.41, 5.74) is 4.42. The summed E-state index contributed by atoms with van der Waals surface area (Å²) in [6.45, 7) is 0.792. The number of carbonyl (C=O) groups excluding carboxylic acids is 2. The van der Waals surface area contributed by atoms with Gasteiger partial charge in [0.05, 0.1) is 20.6 Å². The number of carbonyl (C=O) groups is 2. The van der Waals surface area contributed by atoms with Crippen molar-refractivity contribution in [2.24, 2.45) is 0 Å². The Bertz CT molecular complexity index is 1020. The molecule has 7 heteroatoms. The molecular weight excluding hydrogens is 390 g/mol. The number of H-pyrrole nitrogens is 1. The molecule has 2 amide bonds. The number of likely N-dealkylation sites (N-methyl/N-ethyl adjacent to an activating group) is 1. The number of aromatic amines is 1. The van der Waals surface area contributed by atoms with Gasteiger partial charge in [-0.1, -0.05) is 30.3 Å². The maximum atomic E-state index is 12.3. The third-order valence-corrected chi connectivity index (χ3v) is 5.54. The Morgan fingerprint density at radius 2 is 1.68 bits per heavy atom. The molecule has 0 bridgehead atoms. The molecule has 0 fully saturated rings. The van der Waals surface area contributed by atoms with Crippen molar-refractivity contribution in [1.82, 2.24) is 15.6 Å². The van der Waals surface area contributed by atoms with Gasteiger partial charge in [-0.2, -0.15) is 0 Å². The minimum absolute atomic E-state index is 0.0548. The number of aromatic nitrogens is 1. The third-order valence-electron chi connectivity index (χ3n) is 5.54. The van der Waals surface area contributed by atoms with E-state index in [0.29, 0.717) is 19.5 Å². The van der Waals surface area contributed by atoms with E-state index in [0.717, 1.165) is 27.7 Å². The molecule has 1 atom stereocenters. The van der Waals surface area contributed by atoms with Crippen LogP contribution in [0.3, 0.4) is 0 Å². The molecule has 0 aliphatic rings. The van der Waals surface area contributed by atoms with Crippen molar-refractivity contribution in [3.8, 4) is 0 Å². The molecule has 4 N–H and O–H groups in total. The Morgan fingerprint density at radius 3 is 2.35 bits per heavy atom. The Morgan fingerprint density at radius 1 is 1.00 bits per heavy atom. The van der Waals surface area contributed by atoms with Gasteiger partial charge in [0.25, 0.3) is 0 Å². The fourth-order valence-corrected chi connectivity index (χ4v) is 3.66. The minimum atomic E-state index is -0.602. The lowest BCUT2D eigenvalue weighted by Crippen LogP contribution is -3.07. The van der Waals surface area contributed by atoms with Crippen LogP contribution in [0.15, 0.2) is 54.7 Å². The largest absolute Gasteiger partial charge is 0.378 e. The van der Waals surface area contributed by atoms with Gasteiger partial charge in [0.2, 0.25) is 0 Å². The Hall–Kier alpha value is -3.32. The zero-order valence-corrected chi connectivity index (χ0v) is 18.7. The van der Waals surface area contributed by atoms with Crippen LogP contribution < -0.4 is 20.4 Å². The van der Waals surface area contributed by atoms with E-state index in [4.69, 9.17) is 0 Å². The van der Waals surface area contributed by atoms with Crippen molar-refractivity contribution in [2.75, 3.05) is 46.2 Å². The molecular formula is C24H32N5O2+. The number of para-hydroxylation sites is 1. The highest BCUT2D eigenvalue weighted by Gasteiger charge is 2.21. The number of nitrogens with zero attached hydrogens (tertiary/aromatic N) is 1. The lowest BCUT2D eigenvalue weighted by molar-refractivity contribution is -0.890. The van der Waals surface area contributed by atoms with Crippen LogP contribution in [0.4, 0.5) is 5.69 Å². The summed E-state index contributed by atoms with van der Waals surface area (Å²) in [6, 6.07) is 16.3. The van der Waals surface area contributed by atoms with E-state index in [1.165, 1.54) is 4.90 Å². The van der Waals surface area contributed by atoms with Crippen molar-refractivity contribution in [3.05, 3.63) is 65.9 Å². The predicted octanol–water partition coefficient (Wildman–Crippen LogP) is 0.895. The molecule has 2 aromatic carbocycles. The number of rotatable bonds is 8. The molecule has 0 aliphatic heterocycles. The standard InChI is InChI=1S/C24H31N5O2/c1-28(2)19-11-9-17(10-12-19)22(29(3)4)16-27-24(31)23(30)25-14-13-18-15-26-21-8-6-5-7-20(18)21/h5-12,15,22,26H,13-14,16H2,1-4H3,(H,25,30)(H,27,31)/p+1/t22-/m1/s1. The smallest absolute Gasteiger partial charge is 0.309 e. The van der Waals surface area contributed by atoms with E-state index in [-0.39, 0.29) is 6.04 Å². The minimum Gasteiger partial charge on any atom is -0.378 e. The lowest BCUT2D eigenvalue weighted by Gasteiger charge is -2.23. The van der Waals surface area contributed by atoms with Crippen molar-refractivity contribution < 1.29 is 14.5 Å². The number of anilines is 1. The number of quaternary nitrogens is 1. The van der Waals surface area contributed by atoms with Crippen LogP contribution in [0.1, 0.15) is 17.2 Å². The van der Waals surface area contributed by atoms with Crippen molar-refractivity contribution >= 4 is 28.4 Å². The molecule has 3 aromatic rings. The summed E-state index contributed by atoms with van der Waals surface area (Å²) in [7, 11) is 8.08. The first-order valence-electron chi connectivity index (χ1n) is 10.5. The lowest BCUT2D eigenvalue weighted by atomic mass is 10.1. The summed E-state index contributed by atoms with van der Waals surface area (Å²) >= 11 is 0. The number of fused-ring (bicyclic) bond motifs is 1. The van der Waals surface area contributed by atoms with Gasteiger partial charge in [0, 0.05) is 49.0 Å². The molecule has 3 rings (SSSR count). The molecule has 31 heavy (non-hydrogen) atoms. The predicted molar refractivity (Wildman–Crippen MR) is 124 cm³/mol. The number of benzene rings is 2. The van der Waals surface area contributed by atoms with E-state index in [1.807, 2.05) is 63.6 Å². The molecule has 0 saturated carbocycles. The average Bonchev–Trinajstić information content (AvgIpc) is 3.17. The summed E-state index contributed by atoms with van der Waals surface area (Å²) in [4.78, 5) is 31.0. The van der Waals surface area contributed by atoms with Crippen LogP contribution >= 0.6 is 0 Å². The van der Waals surface area contributed by atoms with Crippen LogP contribution in [0.2, 0.25) is 0 Å². The normalized spacial score (nSPS) is 12.0. The zero-order chi connectivity index (χ0) is 22.4. The molecule has 0 unspecified atom stereocenters. The topological polar surface area (TPSA) is 81.7 Å². The zero-order valence-electron chi connectivity index (χ0n) is 18.7. The highest BCUT2D eigenvalue weighted by molar-refractivity contribution is 6.35. The quantitative estimate of drug-likeness (QED) is 0.407. The molecule has 0 radical (unpaired) electrons. The van der Waals surface area contributed by atoms with Crippen molar-refractivity contribution in [1.29, 1.82) is 0 Å². The van der Waals surface area contributed by atoms with E-state index < -0.39 is 11.8 Å².